The van der Waals surface area contributed by atoms with Crippen molar-refractivity contribution in [2.45, 2.75) is 24.9 Å². The van der Waals surface area contributed by atoms with Crippen LogP contribution in [-0.4, -0.2) is 48.8 Å². The fourth-order valence-electron chi connectivity index (χ4n) is 2.28. The summed E-state index contributed by atoms with van der Waals surface area (Å²) in [6, 6.07) is 0. The maximum Gasteiger partial charge on any atom is 0.167 e. The number of hydrogen-bond donors (Lipinski definition) is 2. The van der Waals surface area contributed by atoms with Gasteiger partial charge in [-0.05, 0) is 6.26 Å². The molecule has 3 N–H and O–H groups in total. The van der Waals surface area contributed by atoms with E-state index in [4.69, 9.17) is 10.5 Å². The van der Waals surface area contributed by atoms with E-state index < -0.39 is 6.10 Å². The van der Waals surface area contributed by atoms with Gasteiger partial charge in [-0.25, -0.2) is 15.0 Å². The molecule has 3 rings (SSSR count). The molecule has 8 heteroatoms. The third-order valence-electron chi connectivity index (χ3n) is 3.23. The summed E-state index contributed by atoms with van der Waals surface area (Å²) in [5.74, 6) is 1.12. The highest BCUT2D eigenvalue weighted by Gasteiger charge is 2.35. The largest absolute Gasteiger partial charge is 0.390 e. The van der Waals surface area contributed by atoms with Crippen LogP contribution in [-0.2, 0) is 4.74 Å². The highest BCUT2D eigenvalue weighted by molar-refractivity contribution is 7.98. The molecule has 3 heterocycles. The van der Waals surface area contributed by atoms with E-state index in [2.05, 4.69) is 15.0 Å². The van der Waals surface area contributed by atoms with E-state index in [1.165, 1.54) is 6.33 Å². The summed E-state index contributed by atoms with van der Waals surface area (Å²) in [6.45, 7) is 0. The topological polar surface area (TPSA) is 99.1 Å². The third-order valence-corrected chi connectivity index (χ3v) is 3.89. The lowest BCUT2D eigenvalue weighted by molar-refractivity contribution is -0.00368. The molecular formula is C11H15N5O2S. The van der Waals surface area contributed by atoms with E-state index >= 15 is 0 Å². The average Bonchev–Trinajstić information content (AvgIpc) is 2.95. The highest BCUT2D eigenvalue weighted by Crippen LogP contribution is 2.32. The Morgan fingerprint density at radius 1 is 1.53 bits per heavy atom. The molecule has 7 nitrogen and oxygen atoms in total. The summed E-state index contributed by atoms with van der Waals surface area (Å²) in [6.07, 6.45) is 4.68. The normalized spacial score (nSPS) is 27.2. The fourth-order valence-corrected chi connectivity index (χ4v) is 2.91. The van der Waals surface area contributed by atoms with E-state index in [1.807, 2.05) is 6.26 Å². The van der Waals surface area contributed by atoms with Crippen molar-refractivity contribution < 1.29 is 9.84 Å². The van der Waals surface area contributed by atoms with Crippen LogP contribution in [0.15, 0.2) is 12.7 Å². The number of hydrogen-bond acceptors (Lipinski definition) is 7. The molecule has 0 aromatic carbocycles. The molecule has 0 amide bonds. The van der Waals surface area contributed by atoms with E-state index in [0.717, 1.165) is 5.75 Å². The summed E-state index contributed by atoms with van der Waals surface area (Å²) in [5.41, 5.74) is 6.95. The number of aliphatic hydroxyl groups excluding tert-OH is 1. The number of nitrogens with two attached hydrogens (primary N) is 1. The number of anilines is 1. The first-order chi connectivity index (χ1) is 9.20. The first-order valence-electron chi connectivity index (χ1n) is 5.96. The van der Waals surface area contributed by atoms with E-state index in [0.29, 0.717) is 23.4 Å². The smallest absolute Gasteiger partial charge is 0.167 e. The number of imidazole rings is 1. The zero-order valence-corrected chi connectivity index (χ0v) is 11.2. The van der Waals surface area contributed by atoms with Crippen LogP contribution in [0.25, 0.3) is 11.2 Å². The predicted octanol–water partition coefficient (Wildman–Crippen LogP) is 0.420. The number of aromatic nitrogens is 4. The Morgan fingerprint density at radius 3 is 3.16 bits per heavy atom. The van der Waals surface area contributed by atoms with Crippen LogP contribution >= 0.6 is 11.8 Å². The Morgan fingerprint density at radius 2 is 2.37 bits per heavy atom. The summed E-state index contributed by atoms with van der Waals surface area (Å²) in [5, 5.41) is 9.99. The maximum atomic E-state index is 9.99. The summed E-state index contributed by atoms with van der Waals surface area (Å²) < 4.78 is 7.66. The van der Waals surface area contributed by atoms with Crippen molar-refractivity contribution in [1.82, 2.24) is 19.5 Å². The first-order valence-corrected chi connectivity index (χ1v) is 7.35. The summed E-state index contributed by atoms with van der Waals surface area (Å²) >= 11 is 1.65. The maximum absolute atomic E-state index is 9.99. The number of thioether (sulfide) groups is 1. The van der Waals surface area contributed by atoms with Gasteiger partial charge in [-0.1, -0.05) is 0 Å². The first kappa shape index (κ1) is 12.6. The van der Waals surface area contributed by atoms with Gasteiger partial charge in [-0.15, -0.1) is 0 Å². The lowest BCUT2D eigenvalue weighted by atomic mass is 10.2. The SMILES string of the molecule is CSC[C@H]1O[C@@H](n2cnc3c(N)ncnc32)C[C@@H]1O. The molecule has 0 spiro atoms. The molecule has 3 atom stereocenters. The summed E-state index contributed by atoms with van der Waals surface area (Å²) in [7, 11) is 0. The zero-order chi connectivity index (χ0) is 13.4. The highest BCUT2D eigenvalue weighted by atomic mass is 32.2. The van der Waals surface area contributed by atoms with Crippen molar-refractivity contribution in [2.24, 2.45) is 0 Å². The number of nitrogens with zero attached hydrogens (tertiary/aromatic N) is 4. The van der Waals surface area contributed by atoms with E-state index in [1.54, 1.807) is 22.7 Å². The second-order valence-electron chi connectivity index (χ2n) is 4.47. The van der Waals surface area contributed by atoms with E-state index in [-0.39, 0.29) is 12.3 Å². The van der Waals surface area contributed by atoms with Gasteiger partial charge in [-0.3, -0.25) is 4.57 Å². The number of fused-ring (bicyclic) bond motifs is 1. The van der Waals surface area contributed by atoms with Crippen LogP contribution in [0.1, 0.15) is 12.6 Å². The van der Waals surface area contributed by atoms with Gasteiger partial charge in [0.15, 0.2) is 11.5 Å². The van der Waals surface area contributed by atoms with Crippen molar-refractivity contribution in [3.8, 4) is 0 Å². The average molecular weight is 281 g/mol. The molecule has 0 aliphatic carbocycles. The minimum Gasteiger partial charge on any atom is -0.390 e. The molecule has 0 bridgehead atoms. The monoisotopic (exact) mass is 281 g/mol. The number of nitrogen functional groups attached to an aromatic ring is 1. The lowest BCUT2D eigenvalue weighted by Crippen LogP contribution is -2.23. The molecule has 0 unspecified atom stereocenters. The van der Waals surface area contributed by atoms with Crippen LogP contribution in [0, 0.1) is 0 Å². The van der Waals surface area contributed by atoms with Gasteiger partial charge >= 0.3 is 0 Å². The van der Waals surface area contributed by atoms with E-state index in [9.17, 15) is 5.11 Å². The quantitative estimate of drug-likeness (QED) is 0.841. The molecule has 1 aliphatic rings. The van der Waals surface area contributed by atoms with Gasteiger partial charge < -0.3 is 15.6 Å². The van der Waals surface area contributed by atoms with Crippen molar-refractivity contribution in [1.29, 1.82) is 0 Å². The lowest BCUT2D eigenvalue weighted by Gasteiger charge is -2.14. The van der Waals surface area contributed by atoms with Gasteiger partial charge in [0.05, 0.1) is 18.5 Å². The number of rotatable bonds is 3. The fraction of sp³-hybridized carbons (Fsp3) is 0.545. The van der Waals surface area contributed by atoms with Crippen LogP contribution < -0.4 is 5.73 Å². The van der Waals surface area contributed by atoms with Crippen LogP contribution in [0.5, 0.6) is 0 Å². The Labute approximate surface area is 114 Å². The number of aliphatic hydroxyl groups is 1. The molecule has 1 fully saturated rings. The van der Waals surface area contributed by atoms with Gasteiger partial charge in [0.1, 0.15) is 18.1 Å². The molecular weight excluding hydrogens is 266 g/mol. The second kappa shape index (κ2) is 4.95. The van der Waals surface area contributed by atoms with Gasteiger partial charge in [0.2, 0.25) is 0 Å². The van der Waals surface area contributed by atoms with Crippen molar-refractivity contribution in [2.75, 3.05) is 17.7 Å². The predicted molar refractivity (Wildman–Crippen MR) is 72.7 cm³/mol. The molecule has 1 saturated heterocycles. The molecule has 102 valence electrons. The second-order valence-corrected chi connectivity index (χ2v) is 5.38. The minimum absolute atomic E-state index is 0.156. The molecule has 2 aromatic heterocycles. The van der Waals surface area contributed by atoms with Crippen molar-refractivity contribution >= 4 is 28.7 Å². The van der Waals surface area contributed by atoms with Gasteiger partial charge in [0, 0.05) is 12.2 Å². The molecule has 0 saturated carbocycles. The van der Waals surface area contributed by atoms with Gasteiger partial charge in [-0.2, -0.15) is 11.8 Å². The standard InChI is InChI=1S/C11H15N5O2S/c1-19-3-7-6(17)2-8(18-7)16-5-15-9-10(12)13-4-14-11(9)16/h4-8,17H,2-3H2,1H3,(H2,12,13,14)/t6-,7+,8+/m0/s1. The summed E-state index contributed by atoms with van der Waals surface area (Å²) in [4.78, 5) is 12.3. The molecule has 0 radical (unpaired) electrons. The van der Waals surface area contributed by atoms with Gasteiger partial charge in [0.25, 0.3) is 0 Å². The number of ether oxygens (including phenoxy) is 1. The molecule has 19 heavy (non-hydrogen) atoms. The van der Waals surface area contributed by atoms with Crippen LogP contribution in [0.2, 0.25) is 0 Å². The van der Waals surface area contributed by atoms with Crippen LogP contribution in [0.4, 0.5) is 5.82 Å². The van der Waals surface area contributed by atoms with Crippen molar-refractivity contribution in [3.63, 3.8) is 0 Å². The Bertz CT molecular complexity index is 589. The Hall–Kier alpha value is -1.38. The minimum atomic E-state index is -0.464. The molecule has 1 aliphatic heterocycles. The zero-order valence-electron chi connectivity index (χ0n) is 10.4. The third kappa shape index (κ3) is 2.15. The van der Waals surface area contributed by atoms with Crippen molar-refractivity contribution in [3.05, 3.63) is 12.7 Å². The van der Waals surface area contributed by atoms with Crippen LogP contribution in [0.3, 0.4) is 0 Å². The Balaban J connectivity index is 1.91. The Kier molecular flexibility index (Phi) is 3.29. The molecule has 2 aromatic rings.